The maximum Gasteiger partial charge on any atom is 0.306 e. The first-order valence-corrected chi connectivity index (χ1v) is 32.1. The Labute approximate surface area is 492 Å². The zero-order chi connectivity index (χ0) is 57.8. The van der Waals surface area contributed by atoms with Gasteiger partial charge in [-0.25, -0.2) is 0 Å². The molecule has 0 heterocycles. The molecule has 0 fully saturated rings. The van der Waals surface area contributed by atoms with Crippen molar-refractivity contribution in [1.82, 2.24) is 0 Å². The first-order chi connectivity index (χ1) is 39.5. The zero-order valence-electron chi connectivity index (χ0n) is 51.3. The molecule has 6 heteroatoms. The summed E-state index contributed by atoms with van der Waals surface area (Å²) in [4.78, 5) is 38.3. The summed E-state index contributed by atoms with van der Waals surface area (Å²) in [5.74, 6) is -0.970. The Morgan fingerprint density at radius 1 is 0.263 bits per heavy atom. The van der Waals surface area contributed by atoms with Crippen molar-refractivity contribution in [2.75, 3.05) is 13.2 Å². The summed E-state index contributed by atoms with van der Waals surface area (Å²) >= 11 is 0. The van der Waals surface area contributed by atoms with Gasteiger partial charge >= 0.3 is 17.9 Å². The van der Waals surface area contributed by atoms with Crippen LogP contribution in [0, 0.1) is 0 Å². The largest absolute Gasteiger partial charge is 0.462 e. The van der Waals surface area contributed by atoms with Gasteiger partial charge in [0.1, 0.15) is 13.2 Å². The van der Waals surface area contributed by atoms with Gasteiger partial charge in [-0.1, -0.05) is 255 Å². The van der Waals surface area contributed by atoms with Gasteiger partial charge in [-0.2, -0.15) is 0 Å². The van der Waals surface area contributed by atoms with Crippen molar-refractivity contribution in [2.45, 2.75) is 264 Å². The van der Waals surface area contributed by atoms with E-state index in [0.717, 1.165) is 173 Å². The number of unbranched alkanes of at least 4 members (excludes halogenated alkanes) is 17. The molecule has 6 nitrogen and oxygen atoms in total. The van der Waals surface area contributed by atoms with Crippen LogP contribution in [0.3, 0.4) is 0 Å². The lowest BCUT2D eigenvalue weighted by atomic mass is 10.1. The average Bonchev–Trinajstić information content (AvgIpc) is 3.46. The van der Waals surface area contributed by atoms with Crippen molar-refractivity contribution >= 4 is 17.9 Å². The van der Waals surface area contributed by atoms with E-state index in [0.29, 0.717) is 19.3 Å². The highest BCUT2D eigenvalue weighted by atomic mass is 16.6. The molecule has 448 valence electrons. The summed E-state index contributed by atoms with van der Waals surface area (Å²) in [5.41, 5.74) is 0. The summed E-state index contributed by atoms with van der Waals surface area (Å²) in [5, 5.41) is 0. The lowest BCUT2D eigenvalue weighted by molar-refractivity contribution is -0.167. The van der Waals surface area contributed by atoms with Crippen molar-refractivity contribution in [3.8, 4) is 0 Å². The number of esters is 3. The van der Waals surface area contributed by atoms with Crippen molar-refractivity contribution in [3.05, 3.63) is 170 Å². The maximum absolute atomic E-state index is 12.9. The number of carbonyl (C=O) groups is 3. The maximum atomic E-state index is 12.9. The fraction of sp³-hybridized carbons (Fsp3) is 0.581. The number of hydrogen-bond acceptors (Lipinski definition) is 6. The number of carbonyl (C=O) groups excluding carboxylic acids is 3. The van der Waals surface area contributed by atoms with E-state index in [1.54, 1.807) is 0 Å². The van der Waals surface area contributed by atoms with E-state index in [1.807, 2.05) is 0 Å². The van der Waals surface area contributed by atoms with Crippen molar-refractivity contribution in [3.63, 3.8) is 0 Å². The van der Waals surface area contributed by atoms with Crippen LogP contribution in [0.25, 0.3) is 0 Å². The van der Waals surface area contributed by atoms with Gasteiger partial charge in [-0.3, -0.25) is 14.4 Å². The number of rotatable bonds is 56. The minimum atomic E-state index is -0.814. The van der Waals surface area contributed by atoms with Crippen molar-refractivity contribution in [1.29, 1.82) is 0 Å². The summed E-state index contributed by atoms with van der Waals surface area (Å²) < 4.78 is 16.9. The topological polar surface area (TPSA) is 78.9 Å². The highest BCUT2D eigenvalue weighted by Crippen LogP contribution is 2.13. The molecule has 0 aliphatic carbocycles. The molecule has 1 atom stereocenters. The van der Waals surface area contributed by atoms with Crippen LogP contribution in [0.5, 0.6) is 0 Å². The Hall–Kier alpha value is -5.23. The van der Waals surface area contributed by atoms with E-state index in [2.05, 4.69) is 191 Å². The molecule has 0 rings (SSSR count). The van der Waals surface area contributed by atoms with Gasteiger partial charge in [0.2, 0.25) is 0 Å². The standard InChI is InChI=1S/C74H116O6/c1-4-7-10-13-16-19-22-25-27-29-31-33-35-37-39-41-43-45-47-49-52-55-58-61-64-67-73(76)79-70-71(69-78-72(75)66-63-60-57-54-51-24-21-18-15-12-9-6-3)80-74(77)68-65-62-59-56-53-50-48-46-44-42-40-38-36-34-32-30-28-26-23-20-17-14-11-8-5-2/h7-8,10-11,16-21,25-28,31-34,37-40,43-46,49,52,71H,4-6,9,12-15,22-24,29-30,35-36,41-42,47-48,50-51,53-70H2,1-3H3/b10-7-,11-8-,19-16-,20-17-,21-18-,27-25-,28-26-,33-31-,34-32-,39-37-,40-38-,45-43-,46-44-,52-49-. The molecule has 0 aliphatic heterocycles. The molecular formula is C74H116O6. The predicted molar refractivity (Wildman–Crippen MR) is 348 cm³/mol. The molecule has 0 aliphatic rings. The molecule has 0 saturated carbocycles. The molecule has 0 aromatic carbocycles. The summed E-state index contributed by atoms with van der Waals surface area (Å²) in [6.45, 7) is 6.33. The van der Waals surface area contributed by atoms with Gasteiger partial charge in [0.25, 0.3) is 0 Å². The fourth-order valence-corrected chi connectivity index (χ4v) is 8.18. The summed E-state index contributed by atoms with van der Waals surface area (Å²) in [7, 11) is 0. The molecule has 0 spiro atoms. The molecule has 80 heavy (non-hydrogen) atoms. The average molecular weight is 1100 g/mol. The molecule has 0 N–H and O–H groups in total. The number of ether oxygens (including phenoxy) is 3. The van der Waals surface area contributed by atoms with Gasteiger partial charge in [0.05, 0.1) is 0 Å². The highest BCUT2D eigenvalue weighted by molar-refractivity contribution is 5.71. The second-order valence-electron chi connectivity index (χ2n) is 20.5. The van der Waals surface area contributed by atoms with E-state index in [4.69, 9.17) is 14.2 Å². The van der Waals surface area contributed by atoms with Gasteiger partial charge in [-0.15, -0.1) is 0 Å². The molecule has 0 aromatic rings. The Morgan fingerprint density at radius 2 is 0.487 bits per heavy atom. The van der Waals surface area contributed by atoms with Crippen molar-refractivity contribution < 1.29 is 28.6 Å². The summed E-state index contributed by atoms with van der Waals surface area (Å²) in [6.07, 6.45) is 97.8. The quantitative estimate of drug-likeness (QED) is 0.0261. The van der Waals surface area contributed by atoms with E-state index >= 15 is 0 Å². The van der Waals surface area contributed by atoms with Gasteiger partial charge in [0, 0.05) is 19.3 Å². The van der Waals surface area contributed by atoms with Gasteiger partial charge in [0.15, 0.2) is 6.10 Å². The van der Waals surface area contributed by atoms with Gasteiger partial charge in [-0.05, 0) is 154 Å². The number of hydrogen-bond donors (Lipinski definition) is 0. The second-order valence-corrected chi connectivity index (χ2v) is 20.5. The Balaban J connectivity index is 4.47. The molecule has 0 bridgehead atoms. The predicted octanol–water partition coefficient (Wildman–Crippen LogP) is 22.3. The summed E-state index contributed by atoms with van der Waals surface area (Å²) in [6, 6.07) is 0. The van der Waals surface area contributed by atoms with E-state index < -0.39 is 6.10 Å². The van der Waals surface area contributed by atoms with Crippen LogP contribution in [0.2, 0.25) is 0 Å². The number of allylic oxidation sites excluding steroid dienone is 28. The molecule has 0 aromatic heterocycles. The Bertz CT molecular complexity index is 1840. The van der Waals surface area contributed by atoms with Gasteiger partial charge < -0.3 is 14.2 Å². The van der Waals surface area contributed by atoms with Crippen LogP contribution < -0.4 is 0 Å². The molecule has 0 radical (unpaired) electrons. The molecule has 1 unspecified atom stereocenters. The molecular weight excluding hydrogens is 985 g/mol. The Morgan fingerprint density at radius 3 is 0.787 bits per heavy atom. The van der Waals surface area contributed by atoms with Crippen LogP contribution in [0.15, 0.2) is 170 Å². The molecule has 0 saturated heterocycles. The van der Waals surface area contributed by atoms with Crippen molar-refractivity contribution in [2.24, 2.45) is 0 Å². The van der Waals surface area contributed by atoms with E-state index in [9.17, 15) is 14.4 Å². The minimum absolute atomic E-state index is 0.107. The highest BCUT2D eigenvalue weighted by Gasteiger charge is 2.19. The zero-order valence-corrected chi connectivity index (χ0v) is 51.3. The van der Waals surface area contributed by atoms with Crippen LogP contribution in [-0.4, -0.2) is 37.2 Å². The normalized spacial score (nSPS) is 13.3. The van der Waals surface area contributed by atoms with E-state index in [1.165, 1.54) is 44.9 Å². The van der Waals surface area contributed by atoms with Crippen LogP contribution in [0.4, 0.5) is 0 Å². The lowest BCUT2D eigenvalue weighted by Gasteiger charge is -2.18. The monoisotopic (exact) mass is 1100 g/mol. The minimum Gasteiger partial charge on any atom is -0.462 e. The second kappa shape index (κ2) is 66.3. The lowest BCUT2D eigenvalue weighted by Crippen LogP contribution is -2.30. The smallest absolute Gasteiger partial charge is 0.306 e. The third-order valence-electron chi connectivity index (χ3n) is 12.9. The third kappa shape index (κ3) is 63.6. The van der Waals surface area contributed by atoms with Crippen LogP contribution >= 0.6 is 0 Å². The Kier molecular flexibility index (Phi) is 61.9. The van der Waals surface area contributed by atoms with Crippen LogP contribution in [-0.2, 0) is 28.6 Å². The SMILES string of the molecule is CC/C=C\C/C=C\C/C=C\C/C=C\C/C=C\C/C=C\C/C=C\CCCCCC(=O)OCC(COC(=O)CCCCCCC/C=C\CCCCC)OC(=O)CCCCCCCC/C=C\C/C=C\C/C=C\C/C=C\C/C=C\C/C=C\CC. The third-order valence-corrected chi connectivity index (χ3v) is 12.9. The fourth-order valence-electron chi connectivity index (χ4n) is 8.18. The first kappa shape index (κ1) is 74.8. The van der Waals surface area contributed by atoms with Crippen LogP contribution in [0.1, 0.15) is 258 Å². The van der Waals surface area contributed by atoms with E-state index in [-0.39, 0.29) is 31.1 Å². The molecule has 0 amide bonds. The first-order valence-electron chi connectivity index (χ1n) is 32.1.